The lowest BCUT2D eigenvalue weighted by atomic mass is 10.1. The van der Waals surface area contributed by atoms with Crippen LogP contribution in [-0.2, 0) is 4.79 Å². The van der Waals surface area contributed by atoms with Gasteiger partial charge in [0.1, 0.15) is 0 Å². The molecule has 2 heterocycles. The number of rotatable bonds is 4. The third kappa shape index (κ3) is 2.89. The van der Waals surface area contributed by atoms with E-state index in [0.717, 1.165) is 0 Å². The number of carbonyl (C=O) groups excluding carboxylic acids is 1. The molecule has 1 amide bonds. The molecule has 0 radical (unpaired) electrons. The maximum absolute atomic E-state index is 12.0. The zero-order valence-corrected chi connectivity index (χ0v) is 11.8. The van der Waals surface area contributed by atoms with E-state index in [2.05, 4.69) is 30.9 Å². The van der Waals surface area contributed by atoms with E-state index in [1.54, 1.807) is 6.07 Å². The molecule has 1 fully saturated rings. The average molecular weight is 340 g/mol. The first-order valence-corrected chi connectivity index (χ1v) is 6.52. The molecule has 8 nitrogen and oxygen atoms in total. The molecule has 1 saturated heterocycles. The SMILES string of the molecule is [N-]=[N+]=NCC1CC(=O)N(c2cc(Br)cnc2C(=O)O)C1. The Kier molecular flexibility index (Phi) is 4.21. The summed E-state index contributed by atoms with van der Waals surface area (Å²) in [4.78, 5) is 31.0. The Hall–Kier alpha value is -2.12. The van der Waals surface area contributed by atoms with Crippen LogP contribution in [0.25, 0.3) is 10.4 Å². The van der Waals surface area contributed by atoms with Gasteiger partial charge in [-0.15, -0.1) is 0 Å². The van der Waals surface area contributed by atoms with Gasteiger partial charge in [-0.3, -0.25) is 4.79 Å². The van der Waals surface area contributed by atoms with Crippen molar-refractivity contribution in [2.45, 2.75) is 6.42 Å². The van der Waals surface area contributed by atoms with E-state index in [-0.39, 0.29) is 36.2 Å². The van der Waals surface area contributed by atoms with Crippen molar-refractivity contribution in [1.82, 2.24) is 4.98 Å². The molecule has 1 unspecified atom stereocenters. The van der Waals surface area contributed by atoms with Crippen molar-refractivity contribution in [3.8, 4) is 0 Å². The minimum atomic E-state index is -1.20. The molecule has 9 heteroatoms. The smallest absolute Gasteiger partial charge is 0.356 e. The number of amides is 1. The van der Waals surface area contributed by atoms with Crippen molar-refractivity contribution in [3.63, 3.8) is 0 Å². The van der Waals surface area contributed by atoms with Crippen molar-refractivity contribution in [2.24, 2.45) is 11.0 Å². The van der Waals surface area contributed by atoms with Crippen LogP contribution in [0.5, 0.6) is 0 Å². The van der Waals surface area contributed by atoms with Crippen molar-refractivity contribution < 1.29 is 14.7 Å². The lowest BCUT2D eigenvalue weighted by Gasteiger charge is -2.18. The second-order valence-electron chi connectivity index (χ2n) is 4.31. The normalized spacial score (nSPS) is 17.9. The topological polar surface area (TPSA) is 119 Å². The number of carbonyl (C=O) groups is 2. The third-order valence-electron chi connectivity index (χ3n) is 2.94. The van der Waals surface area contributed by atoms with Gasteiger partial charge < -0.3 is 10.0 Å². The van der Waals surface area contributed by atoms with Crippen molar-refractivity contribution in [2.75, 3.05) is 18.0 Å². The highest BCUT2D eigenvalue weighted by Gasteiger charge is 2.33. The summed E-state index contributed by atoms with van der Waals surface area (Å²) >= 11 is 3.21. The van der Waals surface area contributed by atoms with Gasteiger partial charge in [-0.05, 0) is 33.4 Å². The summed E-state index contributed by atoms with van der Waals surface area (Å²) in [7, 11) is 0. The van der Waals surface area contributed by atoms with Crippen LogP contribution in [0.1, 0.15) is 16.9 Å². The fourth-order valence-electron chi connectivity index (χ4n) is 2.09. The summed E-state index contributed by atoms with van der Waals surface area (Å²) in [6.45, 7) is 0.527. The summed E-state index contributed by atoms with van der Waals surface area (Å²) in [6, 6.07) is 1.55. The van der Waals surface area contributed by atoms with E-state index in [9.17, 15) is 9.59 Å². The van der Waals surface area contributed by atoms with Gasteiger partial charge in [0.25, 0.3) is 0 Å². The predicted octanol–water partition coefficient (Wildman–Crippen LogP) is 2.21. The van der Waals surface area contributed by atoms with Crippen molar-refractivity contribution in [3.05, 3.63) is 32.9 Å². The van der Waals surface area contributed by atoms with Crippen LogP contribution in [0.3, 0.4) is 0 Å². The Morgan fingerprint density at radius 1 is 1.70 bits per heavy atom. The van der Waals surface area contributed by atoms with Gasteiger partial charge >= 0.3 is 5.97 Å². The molecule has 1 atom stereocenters. The second-order valence-corrected chi connectivity index (χ2v) is 5.23. The first kappa shape index (κ1) is 14.3. The molecule has 1 N–H and O–H groups in total. The molecule has 0 spiro atoms. The monoisotopic (exact) mass is 339 g/mol. The fourth-order valence-corrected chi connectivity index (χ4v) is 2.41. The van der Waals surface area contributed by atoms with Gasteiger partial charge in [-0.1, -0.05) is 5.11 Å². The standard InChI is InChI=1S/C11H10BrN5O3/c12-7-2-8(10(11(19)20)14-4-7)17-5-6(1-9(17)18)3-15-16-13/h2,4,6H,1,3,5H2,(H,19,20). The first-order valence-electron chi connectivity index (χ1n) is 5.73. The number of hydrogen-bond acceptors (Lipinski definition) is 4. The minimum absolute atomic E-state index is 0.112. The predicted molar refractivity (Wildman–Crippen MR) is 73.4 cm³/mol. The number of pyridine rings is 1. The maximum atomic E-state index is 12.0. The average Bonchev–Trinajstić information content (AvgIpc) is 2.77. The highest BCUT2D eigenvalue weighted by molar-refractivity contribution is 9.10. The lowest BCUT2D eigenvalue weighted by molar-refractivity contribution is -0.117. The van der Waals surface area contributed by atoms with Gasteiger partial charge in [-0.2, -0.15) is 0 Å². The number of carboxylic acid groups (broad SMARTS) is 1. The van der Waals surface area contributed by atoms with E-state index in [1.807, 2.05) is 0 Å². The Bertz CT molecular complexity index is 614. The fraction of sp³-hybridized carbons (Fsp3) is 0.364. The van der Waals surface area contributed by atoms with Crippen molar-refractivity contribution >= 4 is 33.5 Å². The minimum Gasteiger partial charge on any atom is -0.476 e. The van der Waals surface area contributed by atoms with Crippen LogP contribution < -0.4 is 4.90 Å². The first-order chi connectivity index (χ1) is 9.52. The van der Waals surface area contributed by atoms with Gasteiger partial charge in [0, 0.05) is 35.1 Å². The summed E-state index contributed by atoms with van der Waals surface area (Å²) in [5.41, 5.74) is 8.37. The van der Waals surface area contributed by atoms with E-state index >= 15 is 0 Å². The van der Waals surface area contributed by atoms with Gasteiger partial charge in [0.15, 0.2) is 5.69 Å². The number of carboxylic acids is 1. The summed E-state index contributed by atoms with van der Waals surface area (Å²) in [6.07, 6.45) is 1.59. The maximum Gasteiger partial charge on any atom is 0.356 e. The third-order valence-corrected chi connectivity index (χ3v) is 3.37. The highest BCUT2D eigenvalue weighted by Crippen LogP contribution is 2.29. The number of halogens is 1. The van der Waals surface area contributed by atoms with Gasteiger partial charge in [0.2, 0.25) is 5.91 Å². The molecule has 1 aromatic rings. The molecular formula is C11H10BrN5O3. The molecule has 0 saturated carbocycles. The molecule has 20 heavy (non-hydrogen) atoms. The van der Waals surface area contributed by atoms with E-state index in [0.29, 0.717) is 11.0 Å². The molecule has 1 aliphatic heterocycles. The molecule has 1 aromatic heterocycles. The van der Waals surface area contributed by atoms with Crippen LogP contribution in [0, 0.1) is 5.92 Å². The van der Waals surface area contributed by atoms with Crippen molar-refractivity contribution in [1.29, 1.82) is 0 Å². The molecule has 104 valence electrons. The number of hydrogen-bond donors (Lipinski definition) is 1. The van der Waals surface area contributed by atoms with Crippen LogP contribution in [-0.4, -0.2) is 35.1 Å². The van der Waals surface area contributed by atoms with E-state index in [4.69, 9.17) is 10.6 Å². The molecule has 1 aliphatic rings. The van der Waals surface area contributed by atoms with Gasteiger partial charge in [-0.25, -0.2) is 9.78 Å². The largest absolute Gasteiger partial charge is 0.476 e. The van der Waals surface area contributed by atoms with Crippen LogP contribution >= 0.6 is 15.9 Å². The van der Waals surface area contributed by atoms with E-state index in [1.165, 1.54) is 11.1 Å². The number of aromatic carboxylic acids is 1. The highest BCUT2D eigenvalue weighted by atomic mass is 79.9. The lowest BCUT2D eigenvalue weighted by Crippen LogP contribution is -2.27. The quantitative estimate of drug-likeness (QED) is 0.513. The zero-order chi connectivity index (χ0) is 14.7. The van der Waals surface area contributed by atoms with Crippen LogP contribution in [0.4, 0.5) is 5.69 Å². The summed E-state index contributed by atoms with van der Waals surface area (Å²) in [5.74, 6) is -1.51. The number of nitrogens with zero attached hydrogens (tertiary/aromatic N) is 5. The van der Waals surface area contributed by atoms with E-state index < -0.39 is 5.97 Å². The van der Waals surface area contributed by atoms with Crippen LogP contribution in [0.2, 0.25) is 0 Å². The zero-order valence-electron chi connectivity index (χ0n) is 10.2. The molecular weight excluding hydrogens is 330 g/mol. The second kappa shape index (κ2) is 5.89. The molecule has 2 rings (SSSR count). The molecule has 0 bridgehead atoms. The van der Waals surface area contributed by atoms with Crippen LogP contribution in [0.15, 0.2) is 21.9 Å². The number of aromatic nitrogens is 1. The summed E-state index contributed by atoms with van der Waals surface area (Å²) < 4.78 is 0.587. The summed E-state index contributed by atoms with van der Waals surface area (Å²) in [5, 5.41) is 12.6. The molecule has 0 aliphatic carbocycles. The number of anilines is 1. The number of azide groups is 1. The van der Waals surface area contributed by atoms with Gasteiger partial charge in [0.05, 0.1) is 5.69 Å². The Morgan fingerprint density at radius 2 is 2.45 bits per heavy atom. The Morgan fingerprint density at radius 3 is 3.10 bits per heavy atom. The Labute approximate surface area is 122 Å². The molecule has 0 aromatic carbocycles. The Balaban J connectivity index is 2.32.